The molecule has 1 unspecified atom stereocenters. The molecule has 4 nitrogen and oxygen atoms in total. The molecule has 4 heteroatoms. The van der Waals surface area contributed by atoms with E-state index in [1.54, 1.807) is 18.3 Å². The Hall–Kier alpha value is -2.46. The van der Waals surface area contributed by atoms with Crippen LogP contribution >= 0.6 is 0 Å². The Morgan fingerprint density at radius 3 is 2.75 bits per heavy atom. The molecule has 0 aliphatic heterocycles. The number of aliphatic hydroxyl groups excluding tert-OH is 1. The summed E-state index contributed by atoms with van der Waals surface area (Å²) in [5.74, 6) is 0.326. The molecule has 20 heavy (non-hydrogen) atoms. The van der Waals surface area contributed by atoms with E-state index in [-0.39, 0.29) is 0 Å². The van der Waals surface area contributed by atoms with Crippen molar-refractivity contribution in [3.8, 4) is 0 Å². The minimum Gasteiger partial charge on any atom is -0.383 e. The number of para-hydroxylation sites is 1. The van der Waals surface area contributed by atoms with Gasteiger partial charge in [-0.25, -0.2) is 9.97 Å². The van der Waals surface area contributed by atoms with Gasteiger partial charge in [-0.3, -0.25) is 0 Å². The normalized spacial score (nSPS) is 12.5. The average molecular weight is 265 g/mol. The summed E-state index contributed by atoms with van der Waals surface area (Å²) in [6.07, 6.45) is 0.733. The number of hydrogen-bond donors (Lipinski definition) is 2. The monoisotopic (exact) mass is 265 g/mol. The standard InChI is InChI=1S/C16H15N3O/c1-10-9-14(19-13-7-3-2-5-11(10)13)15(20)12-6-4-8-18-16(12)17/h2-9,15,20H,1H3,(H2,17,18). The van der Waals surface area contributed by atoms with Crippen LogP contribution in [0.5, 0.6) is 0 Å². The predicted molar refractivity (Wildman–Crippen MR) is 79.2 cm³/mol. The molecule has 3 N–H and O–H groups in total. The number of nitrogen functional groups attached to an aromatic ring is 1. The Labute approximate surface area is 116 Å². The summed E-state index contributed by atoms with van der Waals surface area (Å²) in [6, 6.07) is 13.3. The number of nitrogens with two attached hydrogens (primary N) is 1. The van der Waals surface area contributed by atoms with Crippen molar-refractivity contribution in [2.24, 2.45) is 0 Å². The van der Waals surface area contributed by atoms with E-state index < -0.39 is 6.10 Å². The Kier molecular flexibility index (Phi) is 3.08. The lowest BCUT2D eigenvalue weighted by Gasteiger charge is -2.14. The van der Waals surface area contributed by atoms with Gasteiger partial charge in [0.15, 0.2) is 0 Å². The van der Waals surface area contributed by atoms with Crippen LogP contribution in [0.25, 0.3) is 10.9 Å². The summed E-state index contributed by atoms with van der Waals surface area (Å²) in [5, 5.41) is 11.6. The second-order valence-corrected chi connectivity index (χ2v) is 4.76. The molecule has 3 rings (SSSR count). The Bertz CT molecular complexity index is 771. The van der Waals surface area contributed by atoms with E-state index in [2.05, 4.69) is 9.97 Å². The van der Waals surface area contributed by atoms with Gasteiger partial charge in [-0.15, -0.1) is 0 Å². The second kappa shape index (κ2) is 4.90. The van der Waals surface area contributed by atoms with Gasteiger partial charge in [-0.2, -0.15) is 0 Å². The molecule has 0 amide bonds. The van der Waals surface area contributed by atoms with Crippen molar-refractivity contribution in [1.29, 1.82) is 0 Å². The van der Waals surface area contributed by atoms with E-state index in [4.69, 9.17) is 5.73 Å². The zero-order valence-corrected chi connectivity index (χ0v) is 11.1. The fraction of sp³-hybridized carbons (Fsp3) is 0.125. The molecule has 3 aromatic rings. The van der Waals surface area contributed by atoms with Gasteiger partial charge in [0.2, 0.25) is 0 Å². The van der Waals surface area contributed by atoms with Gasteiger partial charge >= 0.3 is 0 Å². The van der Waals surface area contributed by atoms with Crippen molar-refractivity contribution in [2.75, 3.05) is 5.73 Å². The summed E-state index contributed by atoms with van der Waals surface area (Å²) in [7, 11) is 0. The minimum absolute atomic E-state index is 0.326. The lowest BCUT2D eigenvalue weighted by Crippen LogP contribution is -2.07. The van der Waals surface area contributed by atoms with Gasteiger partial charge < -0.3 is 10.8 Å². The Balaban J connectivity index is 2.13. The zero-order chi connectivity index (χ0) is 14.1. The second-order valence-electron chi connectivity index (χ2n) is 4.76. The van der Waals surface area contributed by atoms with Gasteiger partial charge in [0, 0.05) is 17.1 Å². The molecule has 0 bridgehead atoms. The Morgan fingerprint density at radius 1 is 1.15 bits per heavy atom. The van der Waals surface area contributed by atoms with Crippen molar-refractivity contribution < 1.29 is 5.11 Å². The topological polar surface area (TPSA) is 72.0 Å². The highest BCUT2D eigenvalue weighted by Crippen LogP contribution is 2.27. The van der Waals surface area contributed by atoms with E-state index >= 15 is 0 Å². The number of hydrogen-bond acceptors (Lipinski definition) is 4. The highest BCUT2D eigenvalue weighted by Gasteiger charge is 2.16. The first kappa shape index (κ1) is 12.6. The number of fused-ring (bicyclic) bond motifs is 1. The molecule has 1 atom stereocenters. The lowest BCUT2D eigenvalue weighted by atomic mass is 10.0. The van der Waals surface area contributed by atoms with Gasteiger partial charge in [-0.05, 0) is 30.7 Å². The molecule has 2 aromatic heterocycles. The van der Waals surface area contributed by atoms with Crippen molar-refractivity contribution in [1.82, 2.24) is 9.97 Å². The highest BCUT2D eigenvalue weighted by molar-refractivity contribution is 5.82. The van der Waals surface area contributed by atoms with Crippen molar-refractivity contribution in [3.63, 3.8) is 0 Å². The molecule has 0 aliphatic rings. The van der Waals surface area contributed by atoms with Crippen molar-refractivity contribution >= 4 is 16.7 Å². The van der Waals surface area contributed by atoms with E-state index in [1.165, 1.54) is 0 Å². The number of aliphatic hydroxyl groups is 1. The quantitative estimate of drug-likeness (QED) is 0.747. The number of anilines is 1. The van der Waals surface area contributed by atoms with E-state index in [0.29, 0.717) is 17.1 Å². The predicted octanol–water partition coefficient (Wildman–Crippen LogP) is 2.60. The maximum Gasteiger partial charge on any atom is 0.129 e. The maximum absolute atomic E-state index is 10.5. The summed E-state index contributed by atoms with van der Waals surface area (Å²) in [5.41, 5.74) is 8.91. The maximum atomic E-state index is 10.5. The fourth-order valence-electron chi connectivity index (χ4n) is 2.34. The van der Waals surface area contributed by atoms with Crippen LogP contribution in [-0.2, 0) is 0 Å². The Morgan fingerprint density at radius 2 is 1.95 bits per heavy atom. The zero-order valence-electron chi connectivity index (χ0n) is 11.1. The van der Waals surface area contributed by atoms with Gasteiger partial charge in [0.05, 0.1) is 11.2 Å². The summed E-state index contributed by atoms with van der Waals surface area (Å²) >= 11 is 0. The number of aryl methyl sites for hydroxylation is 1. The van der Waals surface area contributed by atoms with E-state index in [1.807, 2.05) is 37.3 Å². The van der Waals surface area contributed by atoms with Crippen LogP contribution in [0, 0.1) is 6.92 Å². The lowest BCUT2D eigenvalue weighted by molar-refractivity contribution is 0.216. The SMILES string of the molecule is Cc1cc(C(O)c2cccnc2N)nc2ccccc12. The first-order chi connectivity index (χ1) is 9.66. The van der Waals surface area contributed by atoms with Crippen LogP contribution in [0.4, 0.5) is 5.82 Å². The third-order valence-corrected chi connectivity index (χ3v) is 3.39. The number of nitrogens with zero attached hydrogens (tertiary/aromatic N) is 2. The molecule has 0 radical (unpaired) electrons. The first-order valence-electron chi connectivity index (χ1n) is 6.41. The van der Waals surface area contributed by atoms with Crippen molar-refractivity contribution in [2.45, 2.75) is 13.0 Å². The van der Waals surface area contributed by atoms with E-state index in [0.717, 1.165) is 16.5 Å². The van der Waals surface area contributed by atoms with Crippen LogP contribution in [0.15, 0.2) is 48.7 Å². The number of pyridine rings is 2. The summed E-state index contributed by atoms with van der Waals surface area (Å²) < 4.78 is 0. The molecule has 100 valence electrons. The van der Waals surface area contributed by atoms with Gasteiger partial charge in [0.25, 0.3) is 0 Å². The third kappa shape index (κ3) is 2.10. The van der Waals surface area contributed by atoms with Crippen LogP contribution in [-0.4, -0.2) is 15.1 Å². The first-order valence-corrected chi connectivity index (χ1v) is 6.41. The van der Waals surface area contributed by atoms with Crippen LogP contribution < -0.4 is 5.73 Å². The van der Waals surface area contributed by atoms with Crippen molar-refractivity contribution in [3.05, 3.63) is 65.5 Å². The molecule has 0 saturated carbocycles. The smallest absolute Gasteiger partial charge is 0.129 e. The average Bonchev–Trinajstić information content (AvgIpc) is 2.47. The molecule has 2 heterocycles. The van der Waals surface area contributed by atoms with E-state index in [9.17, 15) is 5.11 Å². The largest absolute Gasteiger partial charge is 0.383 e. The molecule has 0 aliphatic carbocycles. The number of benzene rings is 1. The molecule has 1 aromatic carbocycles. The fourth-order valence-corrected chi connectivity index (χ4v) is 2.34. The van der Waals surface area contributed by atoms with Gasteiger partial charge in [0.1, 0.15) is 11.9 Å². The molecular formula is C16H15N3O. The van der Waals surface area contributed by atoms with Crippen LogP contribution in [0.3, 0.4) is 0 Å². The summed E-state index contributed by atoms with van der Waals surface area (Å²) in [6.45, 7) is 2.01. The highest BCUT2D eigenvalue weighted by atomic mass is 16.3. The summed E-state index contributed by atoms with van der Waals surface area (Å²) in [4.78, 5) is 8.52. The molecule has 0 spiro atoms. The van der Waals surface area contributed by atoms with Crippen LogP contribution in [0.1, 0.15) is 22.9 Å². The van der Waals surface area contributed by atoms with Gasteiger partial charge in [-0.1, -0.05) is 24.3 Å². The number of aromatic nitrogens is 2. The minimum atomic E-state index is -0.869. The molecule has 0 fully saturated rings. The number of rotatable bonds is 2. The molecular weight excluding hydrogens is 250 g/mol. The third-order valence-electron chi connectivity index (χ3n) is 3.39. The molecule has 0 saturated heterocycles. The van der Waals surface area contributed by atoms with Crippen LogP contribution in [0.2, 0.25) is 0 Å².